The van der Waals surface area contributed by atoms with Gasteiger partial charge in [-0.3, -0.25) is 14.8 Å². The predicted molar refractivity (Wildman–Crippen MR) is 118 cm³/mol. The van der Waals surface area contributed by atoms with E-state index in [2.05, 4.69) is 20.4 Å². The fourth-order valence-corrected chi connectivity index (χ4v) is 3.48. The molecule has 3 heterocycles. The van der Waals surface area contributed by atoms with Gasteiger partial charge in [0.2, 0.25) is 5.88 Å². The van der Waals surface area contributed by atoms with Crippen molar-refractivity contribution in [3.8, 4) is 11.6 Å². The van der Waals surface area contributed by atoms with Crippen LogP contribution in [-0.4, -0.2) is 33.5 Å². The molecule has 9 heteroatoms. The Morgan fingerprint density at radius 3 is 2.84 bits per heavy atom. The van der Waals surface area contributed by atoms with Crippen molar-refractivity contribution in [2.75, 3.05) is 19.0 Å². The van der Waals surface area contributed by atoms with Crippen molar-refractivity contribution in [2.45, 2.75) is 25.8 Å². The molecule has 1 saturated carbocycles. The number of aryl methyl sites for hydroxylation is 2. The summed E-state index contributed by atoms with van der Waals surface area (Å²) < 4.78 is 12.3. The number of hydrogen-bond acceptors (Lipinski definition) is 7. The minimum Gasteiger partial charge on any atom is -0.495 e. The number of nitrogens with zero attached hydrogens (tertiary/aromatic N) is 4. The van der Waals surface area contributed by atoms with Gasteiger partial charge in [0.1, 0.15) is 11.4 Å². The SMILES string of the molecule is COc1ccc(C2CC2COc2cc(NCc3ccc(Cl)c(C)n3)c(=O)n(C)n2)nc1. The first-order valence-corrected chi connectivity index (χ1v) is 10.4. The van der Waals surface area contributed by atoms with Crippen LogP contribution in [0.1, 0.15) is 29.4 Å². The third kappa shape index (κ3) is 4.96. The van der Waals surface area contributed by atoms with Crippen LogP contribution in [0, 0.1) is 12.8 Å². The van der Waals surface area contributed by atoms with Crippen LogP contribution in [0.25, 0.3) is 0 Å². The van der Waals surface area contributed by atoms with Gasteiger partial charge in [0, 0.05) is 30.6 Å². The van der Waals surface area contributed by atoms with Crippen LogP contribution in [0.15, 0.2) is 41.3 Å². The van der Waals surface area contributed by atoms with Crippen molar-refractivity contribution in [3.63, 3.8) is 0 Å². The van der Waals surface area contributed by atoms with Gasteiger partial charge in [-0.25, -0.2) is 4.68 Å². The smallest absolute Gasteiger partial charge is 0.290 e. The molecule has 1 fully saturated rings. The first-order chi connectivity index (χ1) is 14.9. The highest BCUT2D eigenvalue weighted by Gasteiger charge is 2.40. The molecule has 2 atom stereocenters. The van der Waals surface area contributed by atoms with Gasteiger partial charge >= 0.3 is 0 Å². The van der Waals surface area contributed by atoms with E-state index in [1.807, 2.05) is 25.1 Å². The number of halogens is 1. The summed E-state index contributed by atoms with van der Waals surface area (Å²) in [5, 5.41) is 7.95. The Morgan fingerprint density at radius 2 is 2.13 bits per heavy atom. The van der Waals surface area contributed by atoms with Crippen LogP contribution in [0.4, 0.5) is 5.69 Å². The lowest BCUT2D eigenvalue weighted by Crippen LogP contribution is -2.24. The minimum atomic E-state index is -0.232. The Bertz CT molecular complexity index is 1130. The van der Waals surface area contributed by atoms with Gasteiger partial charge in [-0.2, -0.15) is 0 Å². The molecule has 0 bridgehead atoms. The Kier molecular flexibility index (Phi) is 6.08. The third-order valence-electron chi connectivity index (χ3n) is 5.32. The number of aromatic nitrogens is 4. The second-order valence-corrected chi connectivity index (χ2v) is 7.99. The van der Waals surface area contributed by atoms with E-state index in [0.29, 0.717) is 41.6 Å². The second kappa shape index (κ2) is 8.93. The maximum Gasteiger partial charge on any atom is 0.290 e. The topological polar surface area (TPSA) is 91.2 Å². The Labute approximate surface area is 185 Å². The summed E-state index contributed by atoms with van der Waals surface area (Å²) in [6.07, 6.45) is 2.74. The summed E-state index contributed by atoms with van der Waals surface area (Å²) in [5.74, 6) is 1.89. The van der Waals surface area contributed by atoms with Crippen LogP contribution < -0.4 is 20.3 Å². The molecule has 0 amide bonds. The quantitative estimate of drug-likeness (QED) is 0.573. The van der Waals surface area contributed by atoms with E-state index < -0.39 is 0 Å². The number of methoxy groups -OCH3 is 1. The van der Waals surface area contributed by atoms with Gasteiger partial charge in [-0.15, -0.1) is 5.10 Å². The van der Waals surface area contributed by atoms with Gasteiger partial charge in [0.15, 0.2) is 0 Å². The van der Waals surface area contributed by atoms with Gasteiger partial charge in [0.05, 0.1) is 42.9 Å². The molecule has 8 nitrogen and oxygen atoms in total. The Balaban J connectivity index is 1.37. The third-order valence-corrected chi connectivity index (χ3v) is 5.72. The van der Waals surface area contributed by atoms with Gasteiger partial charge < -0.3 is 14.8 Å². The lowest BCUT2D eigenvalue weighted by Gasteiger charge is -2.11. The van der Waals surface area contributed by atoms with Crippen molar-refractivity contribution < 1.29 is 9.47 Å². The molecule has 31 heavy (non-hydrogen) atoms. The van der Waals surface area contributed by atoms with E-state index >= 15 is 0 Å². The number of hydrogen-bond donors (Lipinski definition) is 1. The molecule has 3 aromatic heterocycles. The van der Waals surface area contributed by atoms with Gasteiger partial charge in [-0.1, -0.05) is 11.6 Å². The van der Waals surface area contributed by atoms with Crippen molar-refractivity contribution in [1.29, 1.82) is 0 Å². The average molecular weight is 442 g/mol. The van der Waals surface area contributed by atoms with E-state index in [1.54, 1.807) is 32.5 Å². The molecule has 4 rings (SSSR count). The number of ether oxygens (including phenoxy) is 2. The lowest BCUT2D eigenvalue weighted by molar-refractivity contribution is 0.278. The highest BCUT2D eigenvalue weighted by molar-refractivity contribution is 6.31. The molecule has 1 aliphatic carbocycles. The van der Waals surface area contributed by atoms with E-state index in [4.69, 9.17) is 21.1 Å². The molecule has 0 radical (unpaired) electrons. The summed E-state index contributed by atoms with van der Waals surface area (Å²) in [6, 6.07) is 9.16. The zero-order valence-corrected chi connectivity index (χ0v) is 18.4. The van der Waals surface area contributed by atoms with E-state index in [9.17, 15) is 4.79 Å². The van der Waals surface area contributed by atoms with Crippen LogP contribution in [0.3, 0.4) is 0 Å². The molecule has 0 saturated heterocycles. The number of pyridine rings is 2. The zero-order chi connectivity index (χ0) is 22.0. The molecule has 0 spiro atoms. The fourth-order valence-electron chi connectivity index (χ4n) is 3.38. The van der Waals surface area contributed by atoms with Crippen molar-refractivity contribution in [1.82, 2.24) is 19.7 Å². The van der Waals surface area contributed by atoms with Crippen molar-refractivity contribution >= 4 is 17.3 Å². The molecular weight excluding hydrogens is 418 g/mol. The summed E-state index contributed by atoms with van der Waals surface area (Å²) in [4.78, 5) is 21.3. The second-order valence-electron chi connectivity index (χ2n) is 7.58. The van der Waals surface area contributed by atoms with E-state index in [-0.39, 0.29) is 5.56 Å². The number of anilines is 1. The first-order valence-electron chi connectivity index (χ1n) is 10.0. The first kappa shape index (κ1) is 21.1. The normalized spacial score (nSPS) is 17.3. The maximum absolute atomic E-state index is 12.4. The molecular formula is C22H24ClN5O3. The number of rotatable bonds is 8. The fraction of sp³-hybridized carbons (Fsp3) is 0.364. The van der Waals surface area contributed by atoms with Crippen LogP contribution in [0.2, 0.25) is 5.02 Å². The standard InChI is InChI=1S/C22H24ClN5O3/c1-13-18(23)6-4-15(26-13)10-24-20-9-21(27-28(2)22(20)29)31-12-14-8-17(14)19-7-5-16(30-3)11-25-19/h4-7,9,11,14,17,24H,8,10,12H2,1-3H3. The van der Waals surface area contributed by atoms with Crippen LogP contribution in [-0.2, 0) is 13.6 Å². The molecule has 162 valence electrons. The highest BCUT2D eigenvalue weighted by atomic mass is 35.5. The van der Waals surface area contributed by atoms with Crippen molar-refractivity contribution in [3.05, 3.63) is 69.0 Å². The van der Waals surface area contributed by atoms with Gasteiger partial charge in [-0.05, 0) is 37.6 Å². The van der Waals surface area contributed by atoms with E-state index in [1.165, 1.54) is 4.68 Å². The molecule has 1 N–H and O–H groups in total. The minimum absolute atomic E-state index is 0.232. The largest absolute Gasteiger partial charge is 0.495 e. The summed E-state index contributed by atoms with van der Waals surface area (Å²) >= 11 is 6.02. The van der Waals surface area contributed by atoms with Gasteiger partial charge in [0.25, 0.3) is 5.56 Å². The number of nitrogens with one attached hydrogen (secondary N) is 1. The summed E-state index contributed by atoms with van der Waals surface area (Å²) in [6.45, 7) is 2.75. The lowest BCUT2D eigenvalue weighted by atomic mass is 10.2. The summed E-state index contributed by atoms with van der Waals surface area (Å²) in [7, 11) is 3.23. The molecule has 0 aliphatic heterocycles. The molecule has 1 aliphatic rings. The van der Waals surface area contributed by atoms with Crippen molar-refractivity contribution in [2.24, 2.45) is 13.0 Å². The monoisotopic (exact) mass is 441 g/mol. The predicted octanol–water partition coefficient (Wildman–Crippen LogP) is 3.34. The molecule has 0 aromatic carbocycles. The zero-order valence-electron chi connectivity index (χ0n) is 17.6. The van der Waals surface area contributed by atoms with Crippen LogP contribution in [0.5, 0.6) is 11.6 Å². The Morgan fingerprint density at radius 1 is 1.29 bits per heavy atom. The Hall–Kier alpha value is -3.13. The highest BCUT2D eigenvalue weighted by Crippen LogP contribution is 2.46. The van der Waals surface area contributed by atoms with E-state index in [0.717, 1.165) is 29.3 Å². The molecule has 2 unspecified atom stereocenters. The maximum atomic E-state index is 12.4. The molecule has 3 aromatic rings. The van der Waals surface area contributed by atoms with Crippen LogP contribution >= 0.6 is 11.6 Å². The summed E-state index contributed by atoms with van der Waals surface area (Å²) in [5.41, 5.74) is 2.75. The average Bonchev–Trinajstić information content (AvgIpc) is 3.55.